The van der Waals surface area contributed by atoms with Gasteiger partial charge in [0.25, 0.3) is 0 Å². The van der Waals surface area contributed by atoms with Crippen LogP contribution in [0, 0.1) is 16.2 Å². The first kappa shape index (κ1) is 36.5. The Bertz CT molecular complexity index is 1420. The van der Waals surface area contributed by atoms with Crippen LogP contribution in [0.1, 0.15) is 140 Å². The van der Waals surface area contributed by atoms with Gasteiger partial charge in [-0.05, 0) is 105 Å². The highest BCUT2D eigenvalue weighted by atomic mass is 16.3. The fourth-order valence-corrected chi connectivity index (χ4v) is 8.06. The molecule has 0 aliphatic carbocycles. The lowest BCUT2D eigenvalue weighted by Gasteiger charge is -2.35. The van der Waals surface area contributed by atoms with Gasteiger partial charge in [-0.15, -0.1) is 0 Å². The van der Waals surface area contributed by atoms with Crippen LogP contribution in [0.5, 0.6) is 17.2 Å². The minimum absolute atomic E-state index is 0.0625. The lowest BCUT2D eigenvalue weighted by atomic mass is 9.70. The maximum Gasteiger partial charge on any atom is 0.131 e. The lowest BCUT2D eigenvalue weighted by molar-refractivity contribution is 0.283. The number of phenolic OH excluding ortho intramolecular Hbond substituents is 3. The van der Waals surface area contributed by atoms with Gasteiger partial charge in [0.05, 0.1) is 0 Å². The maximum absolute atomic E-state index is 12.1. The van der Waals surface area contributed by atoms with Crippen LogP contribution < -0.4 is 0 Å². The largest absolute Gasteiger partial charge is 0.507 e. The fourth-order valence-electron chi connectivity index (χ4n) is 8.06. The summed E-state index contributed by atoms with van der Waals surface area (Å²) in [6, 6.07) is 15.7. The average molecular weight is 615 g/mol. The standard InChI is InChI=1S/C42H62O3/c1-37(2,3)24-40(10,11)27-16-18-34(43)30(20-27)32-22-29(42(14,15)26-39(7,8)9)23-33(36(32)45)31-21-28(17-19-35(31)44)41(12,13)25-38(4,5)6/h16-23,43-45H,24-26H2,1-15H3. The van der Waals surface area contributed by atoms with Crippen LogP contribution in [0.25, 0.3) is 22.3 Å². The zero-order valence-electron chi connectivity index (χ0n) is 31.1. The van der Waals surface area contributed by atoms with Crippen molar-refractivity contribution in [3.05, 3.63) is 65.2 Å². The number of rotatable bonds is 8. The average Bonchev–Trinajstić information content (AvgIpc) is 2.80. The number of aromatic hydroxyl groups is 3. The maximum atomic E-state index is 12.1. The van der Waals surface area contributed by atoms with Crippen LogP contribution >= 0.6 is 0 Å². The van der Waals surface area contributed by atoms with E-state index in [2.05, 4.69) is 104 Å². The summed E-state index contributed by atoms with van der Waals surface area (Å²) in [5, 5.41) is 34.7. The second-order valence-electron chi connectivity index (χ2n) is 19.2. The Morgan fingerprint density at radius 3 is 0.933 bits per heavy atom. The highest BCUT2D eigenvalue weighted by Gasteiger charge is 2.33. The molecule has 45 heavy (non-hydrogen) atoms. The van der Waals surface area contributed by atoms with Crippen molar-refractivity contribution in [2.45, 2.75) is 139 Å². The smallest absolute Gasteiger partial charge is 0.131 e. The first-order valence-electron chi connectivity index (χ1n) is 16.7. The van der Waals surface area contributed by atoms with E-state index in [9.17, 15) is 15.3 Å². The summed E-state index contributed by atoms with van der Waals surface area (Å²) in [5.41, 5.74) is 5.41. The zero-order chi connectivity index (χ0) is 34.6. The Labute approximate surface area is 275 Å². The molecule has 0 saturated heterocycles. The Balaban J connectivity index is 2.38. The number of hydrogen-bond acceptors (Lipinski definition) is 3. The first-order chi connectivity index (χ1) is 20.1. The summed E-state index contributed by atoms with van der Waals surface area (Å²) < 4.78 is 0. The summed E-state index contributed by atoms with van der Waals surface area (Å²) >= 11 is 0. The molecule has 0 aromatic heterocycles. The molecule has 3 rings (SSSR count). The molecule has 3 aromatic rings. The molecule has 3 aromatic carbocycles. The second kappa shape index (κ2) is 12.0. The topological polar surface area (TPSA) is 60.7 Å². The van der Waals surface area contributed by atoms with Crippen molar-refractivity contribution in [2.24, 2.45) is 16.2 Å². The summed E-state index contributed by atoms with van der Waals surface area (Å²) in [4.78, 5) is 0. The molecule has 0 atom stereocenters. The number of phenols is 3. The normalized spacial score (nSPS) is 13.8. The van der Waals surface area contributed by atoms with E-state index >= 15 is 0 Å². The molecular weight excluding hydrogens is 552 g/mol. The molecule has 0 unspecified atom stereocenters. The van der Waals surface area contributed by atoms with Gasteiger partial charge in [0.15, 0.2) is 0 Å². The quantitative estimate of drug-likeness (QED) is 0.236. The van der Waals surface area contributed by atoms with Gasteiger partial charge in [-0.1, -0.05) is 116 Å². The van der Waals surface area contributed by atoms with E-state index in [1.54, 1.807) is 12.1 Å². The van der Waals surface area contributed by atoms with Crippen LogP contribution in [0.2, 0.25) is 0 Å². The molecule has 0 aliphatic rings. The van der Waals surface area contributed by atoms with Crippen molar-refractivity contribution in [1.29, 1.82) is 0 Å². The highest BCUT2D eigenvalue weighted by molar-refractivity contribution is 5.87. The predicted molar refractivity (Wildman–Crippen MR) is 194 cm³/mol. The molecule has 0 saturated carbocycles. The predicted octanol–water partition coefficient (Wildman–Crippen LogP) is 12.3. The van der Waals surface area contributed by atoms with Crippen LogP contribution in [-0.4, -0.2) is 15.3 Å². The van der Waals surface area contributed by atoms with Gasteiger partial charge in [0.2, 0.25) is 0 Å². The van der Waals surface area contributed by atoms with Crippen molar-refractivity contribution in [2.75, 3.05) is 0 Å². The molecule has 3 N–H and O–H groups in total. The van der Waals surface area contributed by atoms with Gasteiger partial charge in [0.1, 0.15) is 17.2 Å². The van der Waals surface area contributed by atoms with E-state index in [1.807, 2.05) is 36.4 Å². The number of benzene rings is 3. The van der Waals surface area contributed by atoms with E-state index in [4.69, 9.17) is 0 Å². The van der Waals surface area contributed by atoms with E-state index in [1.165, 1.54) is 0 Å². The van der Waals surface area contributed by atoms with Crippen LogP contribution in [0.15, 0.2) is 48.5 Å². The van der Waals surface area contributed by atoms with Crippen molar-refractivity contribution in [3.63, 3.8) is 0 Å². The lowest BCUT2D eigenvalue weighted by Crippen LogP contribution is -2.25. The van der Waals surface area contributed by atoms with Gasteiger partial charge < -0.3 is 15.3 Å². The van der Waals surface area contributed by atoms with E-state index in [0.717, 1.165) is 36.0 Å². The van der Waals surface area contributed by atoms with Crippen molar-refractivity contribution in [1.82, 2.24) is 0 Å². The second-order valence-corrected chi connectivity index (χ2v) is 19.2. The molecule has 0 aliphatic heterocycles. The summed E-state index contributed by atoms with van der Waals surface area (Å²) in [6.07, 6.45) is 2.84. The van der Waals surface area contributed by atoms with E-state index in [0.29, 0.717) is 22.3 Å². The summed E-state index contributed by atoms with van der Waals surface area (Å²) in [5.74, 6) is 0.315. The van der Waals surface area contributed by atoms with E-state index in [-0.39, 0.29) is 49.7 Å². The van der Waals surface area contributed by atoms with Gasteiger partial charge >= 0.3 is 0 Å². The minimum atomic E-state index is -0.243. The van der Waals surface area contributed by atoms with Crippen LogP contribution in [0.4, 0.5) is 0 Å². The highest BCUT2D eigenvalue weighted by Crippen LogP contribution is 2.50. The van der Waals surface area contributed by atoms with Gasteiger partial charge in [-0.3, -0.25) is 0 Å². The van der Waals surface area contributed by atoms with Gasteiger partial charge in [0, 0.05) is 22.3 Å². The molecule has 0 bridgehead atoms. The molecule has 3 heteroatoms. The fraction of sp³-hybridized carbons (Fsp3) is 0.571. The molecule has 0 heterocycles. The molecule has 0 radical (unpaired) electrons. The molecule has 3 nitrogen and oxygen atoms in total. The van der Waals surface area contributed by atoms with Crippen molar-refractivity contribution < 1.29 is 15.3 Å². The summed E-state index contributed by atoms with van der Waals surface area (Å²) in [7, 11) is 0. The first-order valence-corrected chi connectivity index (χ1v) is 16.7. The Kier molecular flexibility index (Phi) is 9.75. The Hall–Kier alpha value is -2.94. The van der Waals surface area contributed by atoms with E-state index < -0.39 is 0 Å². The summed E-state index contributed by atoms with van der Waals surface area (Å²) in [6.45, 7) is 33.7. The molecular formula is C42H62O3. The van der Waals surface area contributed by atoms with Crippen LogP contribution in [0.3, 0.4) is 0 Å². The third-order valence-electron chi connectivity index (χ3n) is 8.94. The molecule has 0 fully saturated rings. The molecule has 0 amide bonds. The molecule has 0 spiro atoms. The van der Waals surface area contributed by atoms with Gasteiger partial charge in [-0.25, -0.2) is 0 Å². The third kappa shape index (κ3) is 9.08. The monoisotopic (exact) mass is 614 g/mol. The Morgan fingerprint density at radius 2 is 0.644 bits per heavy atom. The SMILES string of the molecule is CC(C)(C)CC(C)(C)c1ccc(O)c(-c2cc(C(C)(C)CC(C)(C)C)cc(-c3cc(C(C)(C)CC(C)(C)C)ccc3O)c2O)c1. The van der Waals surface area contributed by atoms with Crippen molar-refractivity contribution in [3.8, 4) is 39.5 Å². The van der Waals surface area contributed by atoms with Crippen LogP contribution in [-0.2, 0) is 16.2 Å². The number of hydrogen-bond donors (Lipinski definition) is 3. The van der Waals surface area contributed by atoms with Gasteiger partial charge in [-0.2, -0.15) is 0 Å². The molecule has 248 valence electrons. The third-order valence-corrected chi connectivity index (χ3v) is 8.94. The Morgan fingerprint density at radius 1 is 0.378 bits per heavy atom. The minimum Gasteiger partial charge on any atom is -0.507 e. The van der Waals surface area contributed by atoms with Crippen molar-refractivity contribution >= 4 is 0 Å². The zero-order valence-corrected chi connectivity index (χ0v) is 31.1.